The summed E-state index contributed by atoms with van der Waals surface area (Å²) in [4.78, 5) is 17.3. The Morgan fingerprint density at radius 1 is 1.28 bits per heavy atom. The number of rotatable bonds is 7. The molecule has 0 bridgehead atoms. The van der Waals surface area contributed by atoms with Crippen LogP contribution in [0.1, 0.15) is 12.0 Å². The molecule has 2 aromatic carbocycles. The Kier molecular flexibility index (Phi) is 5.76. The number of nitrogens with one attached hydrogen (secondary N) is 1. The third kappa shape index (κ3) is 4.72. The zero-order valence-corrected chi connectivity index (χ0v) is 16.8. The molecule has 29 heavy (non-hydrogen) atoms. The number of halogens is 1. The van der Waals surface area contributed by atoms with E-state index in [-0.39, 0.29) is 13.0 Å². The molecular weight excluding hydrogens is 390 g/mol. The van der Waals surface area contributed by atoms with Crippen molar-refractivity contribution < 1.29 is 14.3 Å². The monoisotopic (exact) mass is 413 g/mol. The Morgan fingerprint density at radius 2 is 2.14 bits per heavy atom. The molecule has 1 aliphatic heterocycles. The molecule has 1 atom stereocenters. The number of fused-ring (bicyclic) bond motifs is 1. The van der Waals surface area contributed by atoms with E-state index in [9.17, 15) is 4.79 Å². The minimum Gasteiger partial charge on any atom is -0.490 e. The predicted molar refractivity (Wildman–Crippen MR) is 113 cm³/mol. The Hall–Kier alpha value is -2.54. The SMILES string of the molecule is NC(=O)C[C@@]1(COc2cccc(Cl)c2)CN(Cc2cccc3[nH]ccc23)CCO1. The summed E-state index contributed by atoms with van der Waals surface area (Å²) in [7, 11) is 0. The van der Waals surface area contributed by atoms with Crippen molar-refractivity contribution in [3.05, 3.63) is 65.3 Å². The molecule has 0 radical (unpaired) electrons. The number of carbonyl (C=O) groups is 1. The van der Waals surface area contributed by atoms with E-state index >= 15 is 0 Å². The number of morpholine rings is 1. The number of benzene rings is 2. The van der Waals surface area contributed by atoms with Gasteiger partial charge in [0, 0.05) is 41.8 Å². The van der Waals surface area contributed by atoms with E-state index < -0.39 is 11.5 Å². The van der Waals surface area contributed by atoms with Gasteiger partial charge in [-0.1, -0.05) is 29.8 Å². The van der Waals surface area contributed by atoms with Gasteiger partial charge < -0.3 is 20.2 Å². The number of nitrogens with zero attached hydrogens (tertiary/aromatic N) is 1. The van der Waals surface area contributed by atoms with Crippen molar-refractivity contribution in [2.24, 2.45) is 5.73 Å². The van der Waals surface area contributed by atoms with Crippen molar-refractivity contribution in [1.29, 1.82) is 0 Å². The molecular formula is C22H24ClN3O3. The fraction of sp³-hybridized carbons (Fsp3) is 0.318. The van der Waals surface area contributed by atoms with Crippen LogP contribution in [0.25, 0.3) is 10.9 Å². The van der Waals surface area contributed by atoms with Crippen LogP contribution in [0, 0.1) is 0 Å². The van der Waals surface area contributed by atoms with Crippen molar-refractivity contribution in [2.45, 2.75) is 18.6 Å². The van der Waals surface area contributed by atoms with Crippen LogP contribution in [0.3, 0.4) is 0 Å². The number of primary amides is 1. The first-order valence-corrected chi connectivity index (χ1v) is 9.99. The number of hydrogen-bond donors (Lipinski definition) is 2. The van der Waals surface area contributed by atoms with Gasteiger partial charge in [-0.2, -0.15) is 0 Å². The largest absolute Gasteiger partial charge is 0.490 e. The summed E-state index contributed by atoms with van der Waals surface area (Å²) >= 11 is 6.04. The molecule has 1 saturated heterocycles. The van der Waals surface area contributed by atoms with Gasteiger partial charge in [0.15, 0.2) is 0 Å². The topological polar surface area (TPSA) is 80.6 Å². The molecule has 6 nitrogen and oxygen atoms in total. The van der Waals surface area contributed by atoms with Gasteiger partial charge >= 0.3 is 0 Å². The van der Waals surface area contributed by atoms with Crippen LogP contribution in [0.5, 0.6) is 5.75 Å². The molecule has 7 heteroatoms. The molecule has 1 amide bonds. The molecule has 4 rings (SSSR count). The third-order valence-electron chi connectivity index (χ3n) is 5.20. The maximum absolute atomic E-state index is 11.8. The van der Waals surface area contributed by atoms with Gasteiger partial charge in [0.25, 0.3) is 0 Å². The van der Waals surface area contributed by atoms with Crippen LogP contribution in [0.4, 0.5) is 0 Å². The van der Waals surface area contributed by atoms with E-state index in [4.69, 9.17) is 26.8 Å². The summed E-state index contributed by atoms with van der Waals surface area (Å²) in [5.41, 5.74) is 7.09. The van der Waals surface area contributed by atoms with Gasteiger partial charge in [-0.05, 0) is 35.9 Å². The summed E-state index contributed by atoms with van der Waals surface area (Å²) in [6, 6.07) is 15.5. The lowest BCUT2D eigenvalue weighted by Crippen LogP contribution is -2.56. The van der Waals surface area contributed by atoms with Crippen LogP contribution in [0.15, 0.2) is 54.7 Å². The van der Waals surface area contributed by atoms with E-state index in [0.29, 0.717) is 23.9 Å². The van der Waals surface area contributed by atoms with Crippen molar-refractivity contribution >= 4 is 28.4 Å². The highest BCUT2D eigenvalue weighted by molar-refractivity contribution is 6.30. The van der Waals surface area contributed by atoms with Crippen molar-refractivity contribution in [3.8, 4) is 5.75 Å². The summed E-state index contributed by atoms with van der Waals surface area (Å²) in [5.74, 6) is 0.230. The third-order valence-corrected chi connectivity index (χ3v) is 5.44. The maximum Gasteiger partial charge on any atom is 0.220 e. The van der Waals surface area contributed by atoms with E-state index in [2.05, 4.69) is 28.1 Å². The lowest BCUT2D eigenvalue weighted by Gasteiger charge is -2.42. The molecule has 3 aromatic rings. The van der Waals surface area contributed by atoms with Crippen molar-refractivity contribution in [1.82, 2.24) is 9.88 Å². The van der Waals surface area contributed by atoms with Crippen LogP contribution in [0.2, 0.25) is 5.02 Å². The summed E-state index contributed by atoms with van der Waals surface area (Å²) in [6.45, 7) is 2.82. The predicted octanol–water partition coefficient (Wildman–Crippen LogP) is 3.35. The second-order valence-corrected chi connectivity index (χ2v) is 7.92. The van der Waals surface area contributed by atoms with E-state index in [1.807, 2.05) is 24.4 Å². The molecule has 1 fully saturated rings. The van der Waals surface area contributed by atoms with Crippen LogP contribution in [-0.4, -0.2) is 47.7 Å². The smallest absolute Gasteiger partial charge is 0.220 e. The number of ether oxygens (including phenoxy) is 2. The van der Waals surface area contributed by atoms with Gasteiger partial charge in [-0.15, -0.1) is 0 Å². The number of H-pyrrole nitrogens is 1. The zero-order valence-electron chi connectivity index (χ0n) is 16.1. The number of hydrogen-bond acceptors (Lipinski definition) is 4. The molecule has 0 spiro atoms. The van der Waals surface area contributed by atoms with Gasteiger partial charge in [0.1, 0.15) is 18.0 Å². The van der Waals surface area contributed by atoms with Gasteiger partial charge in [-0.3, -0.25) is 9.69 Å². The van der Waals surface area contributed by atoms with Gasteiger partial charge in [-0.25, -0.2) is 0 Å². The van der Waals surface area contributed by atoms with E-state index in [1.54, 1.807) is 12.1 Å². The summed E-state index contributed by atoms with van der Waals surface area (Å²) in [6.07, 6.45) is 2.04. The fourth-order valence-electron chi connectivity index (χ4n) is 3.92. The lowest BCUT2D eigenvalue weighted by atomic mass is 9.97. The second-order valence-electron chi connectivity index (χ2n) is 7.49. The normalized spacial score (nSPS) is 20.0. The molecule has 152 valence electrons. The fourth-order valence-corrected chi connectivity index (χ4v) is 4.10. The molecule has 0 saturated carbocycles. The Balaban J connectivity index is 1.51. The van der Waals surface area contributed by atoms with Crippen LogP contribution >= 0.6 is 11.6 Å². The highest BCUT2D eigenvalue weighted by atomic mass is 35.5. The summed E-state index contributed by atoms with van der Waals surface area (Å²) in [5, 5.41) is 1.80. The quantitative estimate of drug-likeness (QED) is 0.622. The lowest BCUT2D eigenvalue weighted by molar-refractivity contribution is -0.148. The summed E-state index contributed by atoms with van der Waals surface area (Å²) < 4.78 is 12.0. The standard InChI is InChI=1S/C22H24ClN3O3/c23-17-4-2-5-18(11-17)28-15-22(12-21(24)27)14-26(9-10-29-22)13-16-3-1-6-20-19(16)7-8-25-20/h1-8,11,25H,9-10,12-15H2,(H2,24,27)/t22-/m0/s1. The van der Waals surface area contributed by atoms with Gasteiger partial charge in [0.2, 0.25) is 5.91 Å². The molecule has 1 aromatic heterocycles. The molecule has 0 aliphatic carbocycles. The first-order valence-electron chi connectivity index (χ1n) is 9.61. The van der Waals surface area contributed by atoms with Crippen molar-refractivity contribution in [3.63, 3.8) is 0 Å². The zero-order chi connectivity index (χ0) is 20.3. The Bertz CT molecular complexity index is 1010. The molecule has 0 unspecified atom stereocenters. The highest BCUT2D eigenvalue weighted by Crippen LogP contribution is 2.27. The number of aromatic nitrogens is 1. The Morgan fingerprint density at radius 3 is 2.97 bits per heavy atom. The number of aromatic amines is 1. The number of amides is 1. The maximum atomic E-state index is 11.8. The first-order chi connectivity index (χ1) is 14.0. The van der Waals surface area contributed by atoms with Crippen LogP contribution in [-0.2, 0) is 16.1 Å². The highest BCUT2D eigenvalue weighted by Gasteiger charge is 2.39. The second kappa shape index (κ2) is 8.45. The minimum atomic E-state index is -0.793. The molecule has 2 heterocycles. The first kappa shape index (κ1) is 19.8. The minimum absolute atomic E-state index is 0.0957. The number of nitrogens with two attached hydrogens (primary N) is 1. The van der Waals surface area contributed by atoms with E-state index in [0.717, 1.165) is 18.6 Å². The van der Waals surface area contributed by atoms with Crippen molar-refractivity contribution in [2.75, 3.05) is 26.3 Å². The average Bonchev–Trinajstić information content (AvgIpc) is 3.16. The Labute approximate surface area is 174 Å². The average molecular weight is 414 g/mol. The van der Waals surface area contributed by atoms with E-state index in [1.165, 1.54) is 10.9 Å². The molecule has 3 N–H and O–H groups in total. The van der Waals surface area contributed by atoms with Crippen LogP contribution < -0.4 is 10.5 Å². The van der Waals surface area contributed by atoms with Gasteiger partial charge in [0.05, 0.1) is 13.0 Å². The molecule has 1 aliphatic rings. The number of carbonyl (C=O) groups excluding carboxylic acids is 1.